The Kier molecular flexibility index (Phi) is 7.45. The van der Waals surface area contributed by atoms with Crippen LogP contribution in [0.4, 0.5) is 17.3 Å². The molecule has 0 saturated carbocycles. The molecule has 0 spiro atoms. The number of hydrogen-bond acceptors (Lipinski definition) is 8. The number of benzene rings is 2. The lowest BCUT2D eigenvalue weighted by atomic mass is 10.0. The maximum Gasteiger partial charge on any atom is 0.245 e. The molecule has 0 aliphatic carbocycles. The highest BCUT2D eigenvalue weighted by molar-refractivity contribution is 6.30. The Morgan fingerprint density at radius 2 is 1.72 bits per heavy atom. The van der Waals surface area contributed by atoms with Gasteiger partial charge in [-0.05, 0) is 55.3 Å². The molecule has 0 radical (unpaired) electrons. The van der Waals surface area contributed by atoms with E-state index in [-0.39, 0.29) is 0 Å². The summed E-state index contributed by atoms with van der Waals surface area (Å²) < 4.78 is 18.7. The highest BCUT2D eigenvalue weighted by Gasteiger charge is 2.26. The lowest BCUT2D eigenvalue weighted by Gasteiger charge is -2.40. The third kappa shape index (κ3) is 5.34. The normalized spacial score (nSPS) is 16.9. The van der Waals surface area contributed by atoms with Crippen LogP contribution in [0.2, 0.25) is 5.02 Å². The second-order valence-electron chi connectivity index (χ2n) is 9.86. The van der Waals surface area contributed by atoms with Crippen LogP contribution in [0.5, 0.6) is 11.5 Å². The Morgan fingerprint density at radius 1 is 0.923 bits per heavy atom. The Hall–Kier alpha value is -3.53. The Labute approximate surface area is 233 Å². The molecule has 204 valence electrons. The van der Waals surface area contributed by atoms with Crippen LogP contribution >= 0.6 is 11.6 Å². The summed E-state index contributed by atoms with van der Waals surface area (Å²) in [5, 5.41) is 8.73. The average molecular weight is 549 g/mol. The summed E-state index contributed by atoms with van der Waals surface area (Å²) in [5.74, 6) is 1.89. The minimum atomic E-state index is 0.463. The molecule has 0 unspecified atom stereocenters. The maximum atomic E-state index is 6.18. The molecule has 2 aromatic heterocycles. The van der Waals surface area contributed by atoms with Crippen molar-refractivity contribution in [2.45, 2.75) is 18.9 Å². The van der Waals surface area contributed by atoms with E-state index in [2.05, 4.69) is 32.2 Å². The maximum absolute atomic E-state index is 6.18. The van der Waals surface area contributed by atoms with E-state index < -0.39 is 0 Å². The van der Waals surface area contributed by atoms with Gasteiger partial charge in [-0.25, -0.2) is 9.50 Å². The summed E-state index contributed by atoms with van der Waals surface area (Å²) in [5.41, 5.74) is 4.62. The molecule has 6 rings (SSSR count). The number of fused-ring (bicyclic) bond motifs is 1. The van der Waals surface area contributed by atoms with E-state index in [4.69, 9.17) is 30.9 Å². The van der Waals surface area contributed by atoms with Crippen molar-refractivity contribution in [1.82, 2.24) is 19.5 Å². The molecule has 39 heavy (non-hydrogen) atoms. The van der Waals surface area contributed by atoms with Crippen molar-refractivity contribution < 1.29 is 14.2 Å². The Balaban J connectivity index is 1.20. The third-order valence-electron chi connectivity index (χ3n) is 7.66. The summed E-state index contributed by atoms with van der Waals surface area (Å²) in [7, 11) is 3.32. The van der Waals surface area contributed by atoms with E-state index in [9.17, 15) is 0 Å². The van der Waals surface area contributed by atoms with Crippen molar-refractivity contribution >= 4 is 34.4 Å². The van der Waals surface area contributed by atoms with Crippen LogP contribution in [0.15, 0.2) is 54.7 Å². The molecule has 4 aromatic rings. The van der Waals surface area contributed by atoms with Crippen LogP contribution < -0.4 is 19.7 Å². The summed E-state index contributed by atoms with van der Waals surface area (Å²) in [6.45, 7) is 5.85. The predicted octanol–water partition coefficient (Wildman–Crippen LogP) is 5.11. The minimum absolute atomic E-state index is 0.463. The first-order valence-electron chi connectivity index (χ1n) is 13.3. The van der Waals surface area contributed by atoms with Gasteiger partial charge in [0.15, 0.2) is 0 Å². The van der Waals surface area contributed by atoms with Gasteiger partial charge in [-0.2, -0.15) is 0 Å². The number of aromatic nitrogens is 3. The molecule has 4 heterocycles. The van der Waals surface area contributed by atoms with Gasteiger partial charge < -0.3 is 24.4 Å². The van der Waals surface area contributed by atoms with Gasteiger partial charge in [0, 0.05) is 54.6 Å². The van der Waals surface area contributed by atoms with Gasteiger partial charge in [0.25, 0.3) is 0 Å². The van der Waals surface area contributed by atoms with Crippen LogP contribution in [0.3, 0.4) is 0 Å². The molecule has 2 saturated heterocycles. The molecule has 0 bridgehead atoms. The van der Waals surface area contributed by atoms with E-state index >= 15 is 0 Å². The third-order valence-corrected chi connectivity index (χ3v) is 7.90. The quantitative estimate of drug-likeness (QED) is 0.341. The molecular formula is C29H33ClN6O3. The minimum Gasteiger partial charge on any atom is -0.496 e. The van der Waals surface area contributed by atoms with Crippen molar-refractivity contribution in [3.8, 4) is 22.8 Å². The van der Waals surface area contributed by atoms with Gasteiger partial charge >= 0.3 is 0 Å². The first-order chi connectivity index (χ1) is 19.1. The number of halogens is 1. The first kappa shape index (κ1) is 25.7. The van der Waals surface area contributed by atoms with Crippen LogP contribution in [-0.4, -0.2) is 79.2 Å². The lowest BCUT2D eigenvalue weighted by molar-refractivity contribution is 0.0115. The van der Waals surface area contributed by atoms with E-state index in [0.29, 0.717) is 22.8 Å². The van der Waals surface area contributed by atoms with Crippen LogP contribution in [0.25, 0.3) is 16.8 Å². The van der Waals surface area contributed by atoms with Gasteiger partial charge in [0.05, 0.1) is 50.5 Å². The highest BCUT2D eigenvalue weighted by Crippen LogP contribution is 2.35. The second-order valence-corrected chi connectivity index (χ2v) is 10.3. The van der Waals surface area contributed by atoms with Crippen molar-refractivity contribution in [1.29, 1.82) is 0 Å². The van der Waals surface area contributed by atoms with E-state index in [1.54, 1.807) is 26.5 Å². The predicted molar refractivity (Wildman–Crippen MR) is 154 cm³/mol. The number of anilines is 3. The molecule has 2 fully saturated rings. The standard InChI is InChI=1S/C29H33ClN6O3/c1-37-27-17-20(30)3-6-24(27)26-8-5-23-19-31-29(33-36(23)26)32-25-7-4-22(18-28(25)38-2)34-11-9-21(10-12-34)35-13-15-39-16-14-35/h3-8,17-19,21H,9-16H2,1-2H3,(H,32,33). The Bertz CT molecular complexity index is 1450. The first-order valence-corrected chi connectivity index (χ1v) is 13.7. The van der Waals surface area contributed by atoms with E-state index in [1.807, 2.05) is 34.8 Å². The number of rotatable bonds is 7. The van der Waals surface area contributed by atoms with Crippen LogP contribution in [0, 0.1) is 0 Å². The molecule has 1 N–H and O–H groups in total. The van der Waals surface area contributed by atoms with Crippen LogP contribution in [0.1, 0.15) is 12.8 Å². The molecule has 10 heteroatoms. The number of nitrogens with one attached hydrogen (secondary N) is 1. The molecule has 2 aliphatic rings. The topological polar surface area (TPSA) is 76.4 Å². The fourth-order valence-corrected chi connectivity index (χ4v) is 5.73. The van der Waals surface area contributed by atoms with Crippen molar-refractivity contribution in [2.24, 2.45) is 0 Å². The second kappa shape index (κ2) is 11.3. The number of nitrogens with zero attached hydrogens (tertiary/aromatic N) is 5. The molecule has 2 aliphatic heterocycles. The number of hydrogen-bond donors (Lipinski definition) is 1. The number of piperidine rings is 1. The molecular weight excluding hydrogens is 516 g/mol. The molecule has 2 aromatic carbocycles. The fourth-order valence-electron chi connectivity index (χ4n) is 5.57. The van der Waals surface area contributed by atoms with Gasteiger partial charge in [-0.1, -0.05) is 11.6 Å². The SMILES string of the molecule is COc1cc(N2CCC(N3CCOCC3)CC2)ccc1Nc1ncc2ccc(-c3ccc(Cl)cc3OC)n2n1. The average Bonchev–Trinajstić information content (AvgIpc) is 3.41. The van der Waals surface area contributed by atoms with E-state index in [1.165, 1.54) is 0 Å². The smallest absolute Gasteiger partial charge is 0.245 e. The van der Waals surface area contributed by atoms with Gasteiger partial charge in [0.1, 0.15) is 11.5 Å². The zero-order valence-electron chi connectivity index (χ0n) is 22.3. The lowest BCUT2D eigenvalue weighted by Crippen LogP contribution is -2.49. The fraction of sp³-hybridized carbons (Fsp3) is 0.379. The van der Waals surface area contributed by atoms with Gasteiger partial charge in [0.2, 0.25) is 5.95 Å². The van der Waals surface area contributed by atoms with Crippen molar-refractivity contribution in [3.63, 3.8) is 0 Å². The molecule has 9 nitrogen and oxygen atoms in total. The summed E-state index contributed by atoms with van der Waals surface area (Å²) in [6.07, 6.45) is 4.11. The largest absolute Gasteiger partial charge is 0.496 e. The summed E-state index contributed by atoms with van der Waals surface area (Å²) in [4.78, 5) is 9.56. The highest BCUT2D eigenvalue weighted by atomic mass is 35.5. The van der Waals surface area contributed by atoms with Gasteiger partial charge in [-0.15, -0.1) is 5.10 Å². The Morgan fingerprint density at radius 3 is 2.49 bits per heavy atom. The molecule has 0 atom stereocenters. The summed E-state index contributed by atoms with van der Waals surface area (Å²) in [6, 6.07) is 16.5. The number of morpholine rings is 1. The van der Waals surface area contributed by atoms with Crippen molar-refractivity contribution in [2.75, 3.05) is 63.8 Å². The van der Waals surface area contributed by atoms with Crippen LogP contribution in [-0.2, 0) is 4.74 Å². The summed E-state index contributed by atoms with van der Waals surface area (Å²) >= 11 is 6.18. The zero-order valence-corrected chi connectivity index (χ0v) is 23.0. The van der Waals surface area contributed by atoms with Gasteiger partial charge in [-0.3, -0.25) is 4.90 Å². The number of methoxy groups -OCH3 is 2. The van der Waals surface area contributed by atoms with E-state index in [0.717, 1.165) is 86.1 Å². The monoisotopic (exact) mass is 548 g/mol. The van der Waals surface area contributed by atoms with Crippen molar-refractivity contribution in [3.05, 3.63) is 59.8 Å². The molecule has 0 amide bonds. The number of ether oxygens (including phenoxy) is 3. The zero-order chi connectivity index (χ0) is 26.8.